The van der Waals surface area contributed by atoms with Crippen LogP contribution in [0.5, 0.6) is 0 Å². The van der Waals surface area contributed by atoms with Crippen LogP contribution >= 0.6 is 23.4 Å². The van der Waals surface area contributed by atoms with Gasteiger partial charge in [0.15, 0.2) is 0 Å². The minimum absolute atomic E-state index is 0.190. The molecule has 0 spiro atoms. The number of benzene rings is 3. The Morgan fingerprint density at radius 3 is 2.21 bits per heavy atom. The van der Waals surface area contributed by atoms with Crippen LogP contribution in [0.25, 0.3) is 0 Å². The minimum atomic E-state index is -0.368. The second kappa shape index (κ2) is 8.11. The van der Waals surface area contributed by atoms with Crippen molar-refractivity contribution < 1.29 is 14.4 Å². The average Bonchev–Trinajstić information content (AvgIpc) is 2.98. The molecule has 144 valence electrons. The largest absolute Gasteiger partial charge is 0.325 e. The molecule has 0 bridgehead atoms. The molecule has 29 heavy (non-hydrogen) atoms. The number of fused-ring (bicyclic) bond motifs is 1. The lowest BCUT2D eigenvalue weighted by Gasteiger charge is -2.15. The van der Waals surface area contributed by atoms with Crippen LogP contribution in [-0.2, 0) is 4.79 Å². The summed E-state index contributed by atoms with van der Waals surface area (Å²) >= 11 is 7.25. The SMILES string of the molecule is O=C(CSc1ccc(Cl)cc1)Nc1cccc(N2C(=O)c3ccccc3C2=O)c1. The molecule has 7 heteroatoms. The average molecular weight is 423 g/mol. The summed E-state index contributed by atoms with van der Waals surface area (Å²) in [6.07, 6.45) is 0. The number of nitrogens with one attached hydrogen (secondary N) is 1. The Morgan fingerprint density at radius 2 is 1.55 bits per heavy atom. The summed E-state index contributed by atoms with van der Waals surface area (Å²) in [5.74, 6) is -0.706. The molecule has 0 saturated heterocycles. The molecular weight excluding hydrogens is 408 g/mol. The Hall–Kier alpha value is -3.09. The Labute approximate surface area is 176 Å². The number of amides is 3. The molecule has 3 aromatic carbocycles. The topological polar surface area (TPSA) is 66.5 Å². The second-order valence-electron chi connectivity index (χ2n) is 6.33. The predicted molar refractivity (Wildman–Crippen MR) is 115 cm³/mol. The number of carbonyl (C=O) groups is 3. The Balaban J connectivity index is 1.45. The molecule has 0 saturated carbocycles. The summed E-state index contributed by atoms with van der Waals surface area (Å²) in [7, 11) is 0. The van der Waals surface area contributed by atoms with Crippen molar-refractivity contribution in [2.24, 2.45) is 0 Å². The zero-order valence-electron chi connectivity index (χ0n) is 15.1. The molecule has 0 aliphatic carbocycles. The van der Waals surface area contributed by atoms with Gasteiger partial charge >= 0.3 is 0 Å². The van der Waals surface area contributed by atoms with Crippen molar-refractivity contribution in [2.45, 2.75) is 4.90 Å². The van der Waals surface area contributed by atoms with Gasteiger partial charge in [0, 0.05) is 15.6 Å². The number of anilines is 2. The number of hydrogen-bond donors (Lipinski definition) is 1. The minimum Gasteiger partial charge on any atom is -0.325 e. The molecule has 4 rings (SSSR count). The maximum Gasteiger partial charge on any atom is 0.266 e. The molecule has 1 heterocycles. The van der Waals surface area contributed by atoms with Crippen LogP contribution < -0.4 is 10.2 Å². The van der Waals surface area contributed by atoms with Crippen LogP contribution in [0.1, 0.15) is 20.7 Å². The van der Waals surface area contributed by atoms with E-state index < -0.39 is 0 Å². The lowest BCUT2D eigenvalue weighted by atomic mass is 10.1. The highest BCUT2D eigenvalue weighted by Crippen LogP contribution is 2.30. The van der Waals surface area contributed by atoms with Crippen LogP contribution in [0.2, 0.25) is 5.02 Å². The summed E-state index contributed by atoms with van der Waals surface area (Å²) in [6.45, 7) is 0. The number of carbonyl (C=O) groups excluding carboxylic acids is 3. The summed E-state index contributed by atoms with van der Waals surface area (Å²) < 4.78 is 0. The third-order valence-electron chi connectivity index (χ3n) is 4.37. The Bertz CT molecular complexity index is 1080. The molecule has 0 aromatic heterocycles. The highest BCUT2D eigenvalue weighted by Gasteiger charge is 2.36. The fourth-order valence-corrected chi connectivity index (χ4v) is 3.85. The van der Waals surface area contributed by atoms with Gasteiger partial charge in [-0.1, -0.05) is 29.8 Å². The van der Waals surface area contributed by atoms with Gasteiger partial charge in [0.1, 0.15) is 0 Å². The van der Waals surface area contributed by atoms with Gasteiger partial charge in [0.25, 0.3) is 11.8 Å². The van der Waals surface area contributed by atoms with Gasteiger partial charge in [0.2, 0.25) is 5.91 Å². The van der Waals surface area contributed by atoms with Gasteiger partial charge in [0.05, 0.1) is 22.6 Å². The lowest BCUT2D eigenvalue weighted by molar-refractivity contribution is -0.113. The van der Waals surface area contributed by atoms with Crippen molar-refractivity contribution in [3.05, 3.63) is 88.9 Å². The van der Waals surface area contributed by atoms with E-state index in [1.54, 1.807) is 60.7 Å². The van der Waals surface area contributed by atoms with Crippen LogP contribution in [0.4, 0.5) is 11.4 Å². The second-order valence-corrected chi connectivity index (χ2v) is 7.82. The van der Waals surface area contributed by atoms with Gasteiger partial charge in [-0.05, 0) is 54.6 Å². The molecule has 0 unspecified atom stereocenters. The molecule has 0 atom stereocenters. The fraction of sp³-hybridized carbons (Fsp3) is 0.0455. The molecular formula is C22H15ClN2O3S. The van der Waals surface area contributed by atoms with Gasteiger partial charge in [-0.15, -0.1) is 11.8 Å². The molecule has 1 aliphatic rings. The van der Waals surface area contributed by atoms with E-state index in [2.05, 4.69) is 5.32 Å². The van der Waals surface area contributed by atoms with E-state index in [1.165, 1.54) is 11.8 Å². The van der Waals surface area contributed by atoms with Crippen LogP contribution in [0, 0.1) is 0 Å². The molecule has 5 nitrogen and oxygen atoms in total. The lowest BCUT2D eigenvalue weighted by Crippen LogP contribution is -2.29. The number of nitrogens with zero attached hydrogens (tertiary/aromatic N) is 1. The van der Waals surface area contributed by atoms with E-state index in [0.29, 0.717) is 27.5 Å². The normalized spacial score (nSPS) is 12.8. The van der Waals surface area contributed by atoms with Crippen molar-refractivity contribution >= 4 is 52.5 Å². The van der Waals surface area contributed by atoms with Crippen molar-refractivity contribution in [3.8, 4) is 0 Å². The maximum atomic E-state index is 12.6. The molecule has 0 fully saturated rings. The van der Waals surface area contributed by atoms with Gasteiger partial charge in [-0.25, -0.2) is 4.90 Å². The van der Waals surface area contributed by atoms with Crippen molar-refractivity contribution in [2.75, 3.05) is 16.0 Å². The molecule has 1 aliphatic heterocycles. The van der Waals surface area contributed by atoms with Crippen molar-refractivity contribution in [1.82, 2.24) is 0 Å². The fourth-order valence-electron chi connectivity index (χ4n) is 3.02. The third-order valence-corrected chi connectivity index (χ3v) is 5.63. The van der Waals surface area contributed by atoms with Crippen molar-refractivity contribution in [3.63, 3.8) is 0 Å². The maximum absolute atomic E-state index is 12.6. The highest BCUT2D eigenvalue weighted by molar-refractivity contribution is 8.00. The molecule has 3 amide bonds. The molecule has 3 aromatic rings. The van der Waals surface area contributed by atoms with Crippen molar-refractivity contribution in [1.29, 1.82) is 0 Å². The van der Waals surface area contributed by atoms with E-state index >= 15 is 0 Å². The van der Waals surface area contributed by atoms with Gasteiger partial charge in [-0.3, -0.25) is 14.4 Å². The number of hydrogen-bond acceptors (Lipinski definition) is 4. The Morgan fingerprint density at radius 1 is 0.897 bits per heavy atom. The smallest absolute Gasteiger partial charge is 0.266 e. The van der Waals surface area contributed by atoms with E-state index in [9.17, 15) is 14.4 Å². The number of thioether (sulfide) groups is 1. The first-order valence-electron chi connectivity index (χ1n) is 8.79. The molecule has 1 N–H and O–H groups in total. The van der Waals surface area contributed by atoms with Gasteiger partial charge < -0.3 is 5.32 Å². The van der Waals surface area contributed by atoms with Crippen LogP contribution in [0.15, 0.2) is 77.7 Å². The first-order chi connectivity index (χ1) is 14.0. The first-order valence-corrected chi connectivity index (χ1v) is 10.2. The monoisotopic (exact) mass is 422 g/mol. The molecule has 0 radical (unpaired) electrons. The summed E-state index contributed by atoms with van der Waals surface area (Å²) in [5.41, 5.74) is 1.69. The highest BCUT2D eigenvalue weighted by atomic mass is 35.5. The van der Waals surface area contributed by atoms with Gasteiger partial charge in [-0.2, -0.15) is 0 Å². The Kier molecular flexibility index (Phi) is 5.38. The first kappa shape index (κ1) is 19.2. The van der Waals surface area contributed by atoms with Crippen LogP contribution in [-0.4, -0.2) is 23.5 Å². The van der Waals surface area contributed by atoms with E-state index in [4.69, 9.17) is 11.6 Å². The quantitative estimate of drug-likeness (QED) is 0.470. The summed E-state index contributed by atoms with van der Waals surface area (Å²) in [5, 5.41) is 3.45. The standard InChI is InChI=1S/C22H15ClN2O3S/c23-14-8-10-17(11-9-14)29-13-20(26)24-15-4-3-5-16(12-15)25-21(27)18-6-1-2-7-19(18)22(25)28/h1-12H,13H2,(H,24,26). The third kappa shape index (κ3) is 4.04. The van der Waals surface area contributed by atoms with Crippen LogP contribution in [0.3, 0.4) is 0 Å². The number of imide groups is 1. The number of halogens is 1. The zero-order valence-corrected chi connectivity index (χ0v) is 16.7. The predicted octanol–water partition coefficient (Wildman–Crippen LogP) is 4.87. The van der Waals surface area contributed by atoms with E-state index in [1.807, 2.05) is 12.1 Å². The zero-order chi connectivity index (χ0) is 20.4. The van der Waals surface area contributed by atoms with E-state index in [0.717, 1.165) is 9.80 Å². The van der Waals surface area contributed by atoms with E-state index in [-0.39, 0.29) is 23.5 Å². The summed E-state index contributed by atoms with van der Waals surface area (Å²) in [6, 6.07) is 20.7. The number of rotatable bonds is 5. The summed E-state index contributed by atoms with van der Waals surface area (Å²) in [4.78, 5) is 39.6.